The van der Waals surface area contributed by atoms with Crippen molar-refractivity contribution in [3.63, 3.8) is 0 Å². The molecular weight excluding hydrogens is 418 g/mol. The van der Waals surface area contributed by atoms with Gasteiger partial charge in [0.2, 0.25) is 0 Å². The van der Waals surface area contributed by atoms with Gasteiger partial charge in [-0.15, -0.1) is 0 Å². The molecule has 2 N–H and O–H groups in total. The lowest BCUT2D eigenvalue weighted by atomic mass is 10.1. The van der Waals surface area contributed by atoms with Gasteiger partial charge in [-0.1, -0.05) is 55.6 Å². The van der Waals surface area contributed by atoms with Gasteiger partial charge >= 0.3 is 0 Å². The largest absolute Gasteiger partial charge is 0.494 e. The normalized spacial score (nSPS) is 10.9. The SMILES string of the molecule is CCCCCOc1ccc(-c2ccc(-c3ccccc3Cl)n2Cc2cccc(N)n2)cc1. The van der Waals surface area contributed by atoms with Crippen molar-refractivity contribution in [1.29, 1.82) is 0 Å². The Labute approximate surface area is 194 Å². The zero-order valence-corrected chi connectivity index (χ0v) is 19.1. The first-order valence-electron chi connectivity index (χ1n) is 11.0. The third kappa shape index (κ3) is 5.14. The fraction of sp³-hybridized carbons (Fsp3) is 0.222. The van der Waals surface area contributed by atoms with Crippen LogP contribution in [0.5, 0.6) is 5.75 Å². The van der Waals surface area contributed by atoms with E-state index in [0.717, 1.165) is 52.0 Å². The zero-order chi connectivity index (χ0) is 22.3. The molecule has 0 saturated carbocycles. The first-order valence-corrected chi connectivity index (χ1v) is 11.4. The van der Waals surface area contributed by atoms with E-state index in [1.165, 1.54) is 12.8 Å². The second-order valence-corrected chi connectivity index (χ2v) is 8.21. The van der Waals surface area contributed by atoms with Gasteiger partial charge in [0, 0.05) is 16.3 Å². The van der Waals surface area contributed by atoms with Gasteiger partial charge in [-0.05, 0) is 66.6 Å². The van der Waals surface area contributed by atoms with Gasteiger partial charge in [-0.25, -0.2) is 4.98 Å². The van der Waals surface area contributed by atoms with Crippen LogP contribution in [-0.2, 0) is 6.54 Å². The summed E-state index contributed by atoms with van der Waals surface area (Å²) >= 11 is 6.54. The van der Waals surface area contributed by atoms with E-state index in [-0.39, 0.29) is 0 Å². The summed E-state index contributed by atoms with van der Waals surface area (Å²) < 4.78 is 8.12. The predicted octanol–water partition coefficient (Wildman–Crippen LogP) is 7.07. The average molecular weight is 446 g/mol. The maximum absolute atomic E-state index is 6.54. The van der Waals surface area contributed by atoms with Gasteiger partial charge in [0.25, 0.3) is 0 Å². The molecule has 0 bridgehead atoms. The van der Waals surface area contributed by atoms with E-state index >= 15 is 0 Å². The predicted molar refractivity (Wildman–Crippen MR) is 133 cm³/mol. The molecule has 0 amide bonds. The number of nitrogens with zero attached hydrogens (tertiary/aromatic N) is 2. The minimum Gasteiger partial charge on any atom is -0.494 e. The molecule has 164 valence electrons. The summed E-state index contributed by atoms with van der Waals surface area (Å²) in [6.07, 6.45) is 3.46. The number of nitrogens with two attached hydrogens (primary N) is 1. The Morgan fingerprint density at radius 1 is 0.875 bits per heavy atom. The topological polar surface area (TPSA) is 53.1 Å². The molecule has 0 unspecified atom stereocenters. The summed E-state index contributed by atoms with van der Waals surface area (Å²) in [5.41, 5.74) is 11.0. The molecule has 0 atom stereocenters. The zero-order valence-electron chi connectivity index (χ0n) is 18.3. The third-order valence-corrected chi connectivity index (χ3v) is 5.78. The van der Waals surface area contributed by atoms with Crippen LogP contribution in [0, 0.1) is 0 Å². The van der Waals surface area contributed by atoms with Crippen molar-refractivity contribution in [1.82, 2.24) is 9.55 Å². The number of hydrogen-bond acceptors (Lipinski definition) is 3. The Balaban J connectivity index is 1.68. The number of pyridine rings is 1. The molecule has 2 aromatic heterocycles. The van der Waals surface area contributed by atoms with Crippen LogP contribution in [0.3, 0.4) is 0 Å². The van der Waals surface area contributed by atoms with Gasteiger partial charge in [0.1, 0.15) is 11.6 Å². The van der Waals surface area contributed by atoms with Crippen LogP contribution in [0.25, 0.3) is 22.5 Å². The van der Waals surface area contributed by atoms with Crippen LogP contribution in [0.15, 0.2) is 78.9 Å². The minimum absolute atomic E-state index is 0.514. The number of hydrogen-bond donors (Lipinski definition) is 1. The molecule has 0 radical (unpaired) electrons. The molecule has 0 aliphatic rings. The Kier molecular flexibility index (Phi) is 7.13. The number of anilines is 1. The quantitative estimate of drug-likeness (QED) is 0.280. The van der Waals surface area contributed by atoms with Crippen molar-refractivity contribution < 1.29 is 4.74 Å². The van der Waals surface area contributed by atoms with Crippen molar-refractivity contribution in [3.8, 4) is 28.3 Å². The Hall–Kier alpha value is -3.24. The molecule has 0 fully saturated rings. The van der Waals surface area contributed by atoms with Gasteiger partial charge in [-0.3, -0.25) is 0 Å². The first-order chi connectivity index (χ1) is 15.7. The van der Waals surface area contributed by atoms with E-state index in [9.17, 15) is 0 Å². The van der Waals surface area contributed by atoms with Crippen LogP contribution in [0.4, 0.5) is 5.82 Å². The summed E-state index contributed by atoms with van der Waals surface area (Å²) in [6, 6.07) is 26.1. The van der Waals surface area contributed by atoms with Gasteiger partial charge < -0.3 is 15.0 Å². The van der Waals surface area contributed by atoms with Gasteiger partial charge in [0.15, 0.2) is 0 Å². The number of nitrogen functional groups attached to an aromatic ring is 1. The molecule has 0 aliphatic heterocycles. The van der Waals surface area contributed by atoms with Crippen molar-refractivity contribution in [2.24, 2.45) is 0 Å². The highest BCUT2D eigenvalue weighted by Gasteiger charge is 2.15. The highest BCUT2D eigenvalue weighted by atomic mass is 35.5. The third-order valence-electron chi connectivity index (χ3n) is 5.45. The molecule has 2 heterocycles. The summed E-state index contributed by atoms with van der Waals surface area (Å²) in [5, 5.41) is 0.717. The van der Waals surface area contributed by atoms with E-state index in [1.54, 1.807) is 6.07 Å². The first kappa shape index (κ1) is 22.0. The second-order valence-electron chi connectivity index (χ2n) is 7.80. The minimum atomic E-state index is 0.514. The Bertz CT molecular complexity index is 1170. The van der Waals surface area contributed by atoms with E-state index in [2.05, 4.69) is 40.7 Å². The van der Waals surface area contributed by atoms with Gasteiger partial charge in [0.05, 0.1) is 24.5 Å². The Morgan fingerprint density at radius 2 is 1.66 bits per heavy atom. The number of halogens is 1. The molecule has 0 spiro atoms. The van der Waals surface area contributed by atoms with E-state index in [1.807, 2.05) is 48.5 Å². The van der Waals surface area contributed by atoms with Crippen molar-refractivity contribution in [2.45, 2.75) is 32.7 Å². The smallest absolute Gasteiger partial charge is 0.123 e. The average Bonchev–Trinajstić information content (AvgIpc) is 3.20. The van der Waals surface area contributed by atoms with Crippen LogP contribution in [0.2, 0.25) is 5.02 Å². The van der Waals surface area contributed by atoms with E-state index in [4.69, 9.17) is 22.1 Å². The lowest BCUT2D eigenvalue weighted by molar-refractivity contribution is 0.306. The molecule has 2 aromatic carbocycles. The summed E-state index contributed by atoms with van der Waals surface area (Å²) in [7, 11) is 0. The molecule has 0 saturated heterocycles. The summed E-state index contributed by atoms with van der Waals surface area (Å²) in [5.74, 6) is 1.41. The number of ether oxygens (including phenoxy) is 1. The van der Waals surface area contributed by atoms with Crippen molar-refractivity contribution in [3.05, 3.63) is 89.6 Å². The van der Waals surface area contributed by atoms with Crippen molar-refractivity contribution >= 4 is 17.4 Å². The van der Waals surface area contributed by atoms with Crippen LogP contribution >= 0.6 is 11.6 Å². The molecule has 4 nitrogen and oxygen atoms in total. The number of rotatable bonds is 9. The lowest BCUT2D eigenvalue weighted by Crippen LogP contribution is -2.06. The van der Waals surface area contributed by atoms with Crippen LogP contribution in [0.1, 0.15) is 31.9 Å². The molecule has 4 rings (SSSR count). The molecular formula is C27H28ClN3O. The summed E-state index contributed by atoms with van der Waals surface area (Å²) in [4.78, 5) is 4.51. The van der Waals surface area contributed by atoms with Crippen molar-refractivity contribution in [2.75, 3.05) is 12.3 Å². The highest BCUT2D eigenvalue weighted by Crippen LogP contribution is 2.34. The fourth-order valence-electron chi connectivity index (χ4n) is 3.81. The van der Waals surface area contributed by atoms with Crippen LogP contribution < -0.4 is 10.5 Å². The molecule has 0 aliphatic carbocycles. The van der Waals surface area contributed by atoms with Crippen LogP contribution in [-0.4, -0.2) is 16.2 Å². The highest BCUT2D eigenvalue weighted by molar-refractivity contribution is 6.33. The maximum atomic E-state index is 6.54. The molecule has 32 heavy (non-hydrogen) atoms. The molecule has 5 heteroatoms. The number of unbranched alkanes of at least 4 members (excludes halogenated alkanes) is 2. The summed E-state index contributed by atoms with van der Waals surface area (Å²) in [6.45, 7) is 3.53. The van der Waals surface area contributed by atoms with Gasteiger partial charge in [-0.2, -0.15) is 0 Å². The Morgan fingerprint density at radius 3 is 2.41 bits per heavy atom. The standard InChI is InChI=1S/C27H28ClN3O/c1-2-3-6-18-32-22-14-12-20(13-15-22)25-16-17-26(23-9-4-5-10-24(23)28)31(25)19-21-8-7-11-27(29)30-21/h4-5,7-17H,2-3,6,18-19H2,1H3,(H2,29,30). The molecule has 4 aromatic rings. The lowest BCUT2D eigenvalue weighted by Gasteiger charge is -2.15. The second kappa shape index (κ2) is 10.4. The monoisotopic (exact) mass is 445 g/mol. The number of aromatic nitrogens is 2. The maximum Gasteiger partial charge on any atom is 0.123 e. The fourth-order valence-corrected chi connectivity index (χ4v) is 4.04. The van der Waals surface area contributed by atoms with E-state index in [0.29, 0.717) is 12.4 Å². The van der Waals surface area contributed by atoms with E-state index < -0.39 is 0 Å². The number of benzene rings is 2.